The van der Waals surface area contributed by atoms with Crippen LogP contribution in [0.3, 0.4) is 0 Å². The average Bonchev–Trinajstić information content (AvgIpc) is 2.86. The molecule has 0 saturated carbocycles. The van der Waals surface area contributed by atoms with E-state index in [1.54, 1.807) is 0 Å². The van der Waals surface area contributed by atoms with Crippen molar-refractivity contribution in [3.63, 3.8) is 0 Å². The Labute approximate surface area is 152 Å². The van der Waals surface area contributed by atoms with Crippen molar-refractivity contribution in [2.45, 2.75) is 57.5 Å². The molecule has 0 spiro atoms. The van der Waals surface area contributed by atoms with Gasteiger partial charge in [-0.3, -0.25) is 4.90 Å². The maximum absolute atomic E-state index is 4.60. The molecule has 4 rings (SSSR count). The van der Waals surface area contributed by atoms with Gasteiger partial charge >= 0.3 is 0 Å². The molecule has 3 heterocycles. The highest BCUT2D eigenvalue weighted by molar-refractivity contribution is 9.10. The Kier molecular flexibility index (Phi) is 4.99. The Morgan fingerprint density at radius 3 is 2.75 bits per heavy atom. The molecule has 2 aliphatic rings. The number of aromatic nitrogens is 3. The van der Waals surface area contributed by atoms with Gasteiger partial charge < -0.3 is 4.57 Å². The number of nitrogens with zero attached hydrogens (tertiary/aromatic N) is 4. The number of piperidine rings is 1. The van der Waals surface area contributed by atoms with Crippen molar-refractivity contribution in [1.29, 1.82) is 0 Å². The summed E-state index contributed by atoms with van der Waals surface area (Å²) < 4.78 is 3.58. The molecule has 4 nitrogen and oxygen atoms in total. The summed E-state index contributed by atoms with van der Waals surface area (Å²) in [5, 5.41) is 9.10. The van der Waals surface area contributed by atoms with E-state index in [0.29, 0.717) is 5.92 Å². The lowest BCUT2D eigenvalue weighted by Crippen LogP contribution is -2.35. The largest absolute Gasteiger partial charge is 0.315 e. The third-order valence-corrected chi connectivity index (χ3v) is 5.86. The number of likely N-dealkylation sites (tertiary alicyclic amines) is 1. The van der Waals surface area contributed by atoms with E-state index in [2.05, 4.69) is 59.9 Å². The van der Waals surface area contributed by atoms with Gasteiger partial charge in [0, 0.05) is 36.4 Å². The molecule has 1 fully saturated rings. The molecule has 1 unspecified atom stereocenters. The second-order valence-corrected chi connectivity index (χ2v) is 8.05. The maximum Gasteiger partial charge on any atom is 0.137 e. The van der Waals surface area contributed by atoms with Crippen LogP contribution in [-0.4, -0.2) is 32.8 Å². The lowest BCUT2D eigenvalue weighted by Gasteiger charge is -2.32. The van der Waals surface area contributed by atoms with E-state index in [9.17, 15) is 0 Å². The first-order valence-electron chi connectivity index (χ1n) is 9.18. The van der Waals surface area contributed by atoms with Gasteiger partial charge in [0.25, 0.3) is 0 Å². The molecule has 2 aliphatic heterocycles. The van der Waals surface area contributed by atoms with E-state index in [1.165, 1.54) is 55.9 Å². The van der Waals surface area contributed by atoms with Crippen LogP contribution < -0.4 is 0 Å². The summed E-state index contributed by atoms with van der Waals surface area (Å²) in [5.74, 6) is 2.99. The van der Waals surface area contributed by atoms with Crippen molar-refractivity contribution >= 4 is 15.9 Å². The summed E-state index contributed by atoms with van der Waals surface area (Å²) >= 11 is 3.52. The molecule has 0 bridgehead atoms. The molecule has 0 aliphatic carbocycles. The number of hydrogen-bond donors (Lipinski definition) is 0. The van der Waals surface area contributed by atoms with Crippen molar-refractivity contribution in [3.8, 4) is 0 Å². The fraction of sp³-hybridized carbons (Fsp3) is 0.579. The van der Waals surface area contributed by atoms with Crippen LogP contribution in [0.4, 0.5) is 0 Å². The molecule has 128 valence electrons. The van der Waals surface area contributed by atoms with Gasteiger partial charge in [0.15, 0.2) is 0 Å². The molecule has 0 radical (unpaired) electrons. The molecule has 2 aromatic rings. The van der Waals surface area contributed by atoms with Crippen molar-refractivity contribution < 1.29 is 0 Å². The predicted molar refractivity (Wildman–Crippen MR) is 99.0 cm³/mol. The Morgan fingerprint density at radius 1 is 1.00 bits per heavy atom. The van der Waals surface area contributed by atoms with E-state index in [-0.39, 0.29) is 0 Å². The first-order chi connectivity index (χ1) is 11.8. The van der Waals surface area contributed by atoms with Crippen LogP contribution in [0, 0.1) is 0 Å². The first-order valence-corrected chi connectivity index (χ1v) is 9.97. The molecule has 1 aromatic carbocycles. The van der Waals surface area contributed by atoms with Crippen LogP contribution in [0.5, 0.6) is 0 Å². The Balaban J connectivity index is 1.47. The van der Waals surface area contributed by atoms with E-state index >= 15 is 0 Å². The second kappa shape index (κ2) is 7.36. The molecular formula is C19H25BrN4. The van der Waals surface area contributed by atoms with Gasteiger partial charge in [-0.25, -0.2) is 0 Å². The lowest BCUT2D eigenvalue weighted by molar-refractivity contribution is 0.194. The zero-order chi connectivity index (χ0) is 16.4. The summed E-state index contributed by atoms with van der Waals surface area (Å²) in [4.78, 5) is 2.58. The maximum atomic E-state index is 4.60. The second-order valence-electron chi connectivity index (χ2n) is 7.14. The third-order valence-electron chi connectivity index (χ3n) is 5.33. The van der Waals surface area contributed by atoms with Crippen LogP contribution in [-0.2, 0) is 19.5 Å². The van der Waals surface area contributed by atoms with E-state index in [4.69, 9.17) is 0 Å². The quantitative estimate of drug-likeness (QED) is 0.791. The van der Waals surface area contributed by atoms with Crippen molar-refractivity contribution in [2.75, 3.05) is 13.1 Å². The molecule has 0 N–H and O–H groups in total. The van der Waals surface area contributed by atoms with Gasteiger partial charge in [-0.1, -0.05) is 34.5 Å². The molecular weight excluding hydrogens is 364 g/mol. The molecule has 1 aromatic heterocycles. The Bertz CT molecular complexity index is 679. The molecule has 0 amide bonds. The van der Waals surface area contributed by atoms with Gasteiger partial charge in [0.1, 0.15) is 11.6 Å². The van der Waals surface area contributed by atoms with Crippen molar-refractivity contribution in [1.82, 2.24) is 19.7 Å². The zero-order valence-corrected chi connectivity index (χ0v) is 15.7. The van der Waals surface area contributed by atoms with Crippen LogP contribution in [0.1, 0.15) is 55.2 Å². The molecule has 5 heteroatoms. The molecule has 24 heavy (non-hydrogen) atoms. The number of hydrogen-bond acceptors (Lipinski definition) is 3. The highest BCUT2D eigenvalue weighted by Crippen LogP contribution is 2.28. The molecule has 1 saturated heterocycles. The van der Waals surface area contributed by atoms with Gasteiger partial charge in [0.2, 0.25) is 0 Å². The number of aryl methyl sites for hydroxylation is 1. The lowest BCUT2D eigenvalue weighted by atomic mass is 9.96. The predicted octanol–water partition coefficient (Wildman–Crippen LogP) is 4.15. The van der Waals surface area contributed by atoms with Crippen molar-refractivity contribution in [3.05, 3.63) is 46.0 Å². The number of fused-ring (bicyclic) bond motifs is 1. The number of rotatable bonds is 3. The SMILES string of the molecule is Brc1ccc(CN2CCCC(c3nnc4n3CCCCC4)C2)cc1. The van der Waals surface area contributed by atoms with Gasteiger partial charge in [-0.2, -0.15) is 0 Å². The average molecular weight is 389 g/mol. The normalized spacial score (nSPS) is 22.1. The topological polar surface area (TPSA) is 34.0 Å². The monoisotopic (exact) mass is 388 g/mol. The fourth-order valence-corrected chi connectivity index (χ4v) is 4.33. The van der Waals surface area contributed by atoms with Crippen LogP contribution in [0.25, 0.3) is 0 Å². The summed E-state index contributed by atoms with van der Waals surface area (Å²) in [6.45, 7) is 4.44. The Hall–Kier alpha value is -1.20. The molecule has 1 atom stereocenters. The van der Waals surface area contributed by atoms with E-state index < -0.39 is 0 Å². The van der Waals surface area contributed by atoms with Crippen molar-refractivity contribution in [2.24, 2.45) is 0 Å². The highest BCUT2D eigenvalue weighted by Gasteiger charge is 2.27. The highest BCUT2D eigenvalue weighted by atomic mass is 79.9. The smallest absolute Gasteiger partial charge is 0.137 e. The first kappa shape index (κ1) is 16.3. The standard InChI is InChI=1S/C19H25BrN4/c20-17-9-7-15(8-10-17)13-23-11-4-5-16(14-23)19-22-21-18-6-2-1-3-12-24(18)19/h7-10,16H,1-6,11-14H2. The van der Waals surface area contributed by atoms with Gasteiger partial charge in [-0.05, 0) is 49.9 Å². The fourth-order valence-electron chi connectivity index (χ4n) is 4.07. The summed E-state index contributed by atoms with van der Waals surface area (Å²) in [6.07, 6.45) is 7.45. The minimum atomic E-state index is 0.536. The Morgan fingerprint density at radius 2 is 1.88 bits per heavy atom. The van der Waals surface area contributed by atoms with Crippen LogP contribution >= 0.6 is 15.9 Å². The van der Waals surface area contributed by atoms with E-state index in [0.717, 1.165) is 30.5 Å². The minimum absolute atomic E-state index is 0.536. The summed E-state index contributed by atoms with van der Waals surface area (Å²) in [7, 11) is 0. The van der Waals surface area contributed by atoms with Gasteiger partial charge in [-0.15, -0.1) is 10.2 Å². The van der Waals surface area contributed by atoms with E-state index in [1.807, 2.05) is 0 Å². The zero-order valence-electron chi connectivity index (χ0n) is 14.1. The van der Waals surface area contributed by atoms with Gasteiger partial charge in [0.05, 0.1) is 0 Å². The van der Waals surface area contributed by atoms with Crippen LogP contribution in [0.2, 0.25) is 0 Å². The summed E-state index contributed by atoms with van der Waals surface area (Å²) in [5.41, 5.74) is 1.39. The minimum Gasteiger partial charge on any atom is -0.315 e. The summed E-state index contributed by atoms with van der Waals surface area (Å²) in [6, 6.07) is 8.71. The third kappa shape index (κ3) is 3.57. The number of halogens is 1. The number of benzene rings is 1. The van der Waals surface area contributed by atoms with Crippen LogP contribution in [0.15, 0.2) is 28.7 Å².